The van der Waals surface area contributed by atoms with Crippen LogP contribution >= 0.6 is 11.6 Å². The molecule has 0 bridgehead atoms. The van der Waals surface area contributed by atoms with Gasteiger partial charge >= 0.3 is 0 Å². The summed E-state index contributed by atoms with van der Waals surface area (Å²) in [5.74, 6) is -0.531. The smallest absolute Gasteiger partial charge is 0.211 e. The van der Waals surface area contributed by atoms with Crippen molar-refractivity contribution in [2.24, 2.45) is 0 Å². The van der Waals surface area contributed by atoms with Gasteiger partial charge in [0.2, 0.25) is 15.3 Å². The number of sulfone groups is 1. The van der Waals surface area contributed by atoms with Crippen LogP contribution in [0.5, 0.6) is 0 Å². The van der Waals surface area contributed by atoms with Gasteiger partial charge in [-0.1, -0.05) is 48.0 Å². The monoisotopic (exact) mass is 524 g/mol. The van der Waals surface area contributed by atoms with Gasteiger partial charge in [0.15, 0.2) is 0 Å². The summed E-state index contributed by atoms with van der Waals surface area (Å²) in [6.07, 6.45) is 4.39. The summed E-state index contributed by atoms with van der Waals surface area (Å²) in [5.41, 5.74) is 1.11. The van der Waals surface area contributed by atoms with E-state index in [1.807, 2.05) is 35.2 Å². The second-order valence-electron chi connectivity index (χ2n) is 9.26. The highest BCUT2D eigenvalue weighted by molar-refractivity contribution is 7.91. The van der Waals surface area contributed by atoms with E-state index >= 15 is 4.39 Å². The van der Waals surface area contributed by atoms with Gasteiger partial charge in [0.05, 0.1) is 21.5 Å². The Bertz CT molecular complexity index is 1600. The average Bonchev–Trinajstić information content (AvgIpc) is 2.86. The molecule has 8 heteroatoms. The van der Waals surface area contributed by atoms with Crippen molar-refractivity contribution >= 4 is 38.0 Å². The molecular formula is C28H26ClFN2O3S. The molecule has 0 radical (unpaired) electrons. The Balaban J connectivity index is 1.76. The van der Waals surface area contributed by atoms with Crippen LogP contribution in [0.3, 0.4) is 0 Å². The fraction of sp³-hybridized carbons (Fsp3) is 0.250. The van der Waals surface area contributed by atoms with E-state index in [0.717, 1.165) is 31.4 Å². The third-order valence-electron chi connectivity index (χ3n) is 6.82. The summed E-state index contributed by atoms with van der Waals surface area (Å²) in [7, 11) is -4.20. The number of hydrogen-bond acceptors (Lipinski definition) is 4. The number of hydrogen-bond donors (Lipinski definition) is 0. The fourth-order valence-electron chi connectivity index (χ4n) is 4.91. The number of halogens is 2. The summed E-state index contributed by atoms with van der Waals surface area (Å²) < 4.78 is 44.2. The van der Waals surface area contributed by atoms with Crippen molar-refractivity contribution in [3.8, 4) is 0 Å². The SMILES string of the molecule is C[C@@H]1CCCCN1c1cc2c(cc1F)c(=O)c(S(=O)(=O)c1cccc(Cl)c1)cn2Cc1ccccc1. The first-order valence-electron chi connectivity index (χ1n) is 11.9. The molecular weight excluding hydrogens is 499 g/mol. The predicted molar refractivity (Wildman–Crippen MR) is 141 cm³/mol. The molecule has 3 aromatic carbocycles. The third-order valence-corrected chi connectivity index (χ3v) is 8.80. The maximum atomic E-state index is 15.5. The highest BCUT2D eigenvalue weighted by Gasteiger charge is 2.27. The van der Waals surface area contributed by atoms with E-state index in [2.05, 4.69) is 6.92 Å². The maximum Gasteiger partial charge on any atom is 0.211 e. The number of rotatable bonds is 5. The minimum absolute atomic E-state index is 0.0277. The van der Waals surface area contributed by atoms with Crippen LogP contribution in [0.15, 0.2) is 87.5 Å². The molecule has 36 heavy (non-hydrogen) atoms. The van der Waals surface area contributed by atoms with Crippen molar-refractivity contribution in [2.45, 2.75) is 48.6 Å². The fourth-order valence-corrected chi connectivity index (χ4v) is 6.58. The second kappa shape index (κ2) is 9.71. The van der Waals surface area contributed by atoms with E-state index in [4.69, 9.17) is 11.6 Å². The van der Waals surface area contributed by atoms with E-state index in [1.54, 1.807) is 16.7 Å². The number of anilines is 1. The van der Waals surface area contributed by atoms with Gasteiger partial charge in [-0.3, -0.25) is 4.79 Å². The van der Waals surface area contributed by atoms with Gasteiger partial charge in [-0.05, 0) is 62.1 Å². The van der Waals surface area contributed by atoms with E-state index in [0.29, 0.717) is 17.7 Å². The van der Waals surface area contributed by atoms with Crippen molar-refractivity contribution in [3.05, 3.63) is 99.6 Å². The molecule has 0 amide bonds. The molecule has 5 nitrogen and oxygen atoms in total. The predicted octanol–water partition coefficient (Wildman–Crippen LogP) is 6.05. The van der Waals surface area contributed by atoms with Crippen molar-refractivity contribution in [3.63, 3.8) is 0 Å². The lowest BCUT2D eigenvalue weighted by molar-refractivity contribution is 0.476. The van der Waals surface area contributed by atoms with Crippen LogP contribution in [0.2, 0.25) is 5.02 Å². The van der Waals surface area contributed by atoms with Gasteiger partial charge in [-0.25, -0.2) is 12.8 Å². The van der Waals surface area contributed by atoms with Crippen molar-refractivity contribution in [1.82, 2.24) is 4.57 Å². The normalized spacial score (nSPS) is 16.4. The van der Waals surface area contributed by atoms with Gasteiger partial charge in [-0.15, -0.1) is 0 Å². The Morgan fingerprint density at radius 2 is 1.81 bits per heavy atom. The molecule has 1 aliphatic heterocycles. The second-order valence-corrected chi connectivity index (χ2v) is 11.6. The van der Waals surface area contributed by atoms with Crippen molar-refractivity contribution in [2.75, 3.05) is 11.4 Å². The minimum Gasteiger partial charge on any atom is -0.366 e. The summed E-state index contributed by atoms with van der Waals surface area (Å²) in [4.78, 5) is 15.1. The van der Waals surface area contributed by atoms with E-state index in [-0.39, 0.29) is 21.3 Å². The topological polar surface area (TPSA) is 59.4 Å². The quantitative estimate of drug-likeness (QED) is 0.319. The zero-order chi connectivity index (χ0) is 25.4. The maximum absolute atomic E-state index is 15.5. The van der Waals surface area contributed by atoms with Crippen LogP contribution in [0.25, 0.3) is 10.9 Å². The largest absolute Gasteiger partial charge is 0.366 e. The van der Waals surface area contributed by atoms with Crippen molar-refractivity contribution in [1.29, 1.82) is 0 Å². The number of benzene rings is 3. The molecule has 0 spiro atoms. The van der Waals surface area contributed by atoms with Gasteiger partial charge in [0.1, 0.15) is 10.7 Å². The summed E-state index contributed by atoms with van der Waals surface area (Å²) in [5, 5.41) is 0.271. The lowest BCUT2D eigenvalue weighted by Crippen LogP contribution is -2.38. The van der Waals surface area contributed by atoms with E-state index in [9.17, 15) is 13.2 Å². The third kappa shape index (κ3) is 4.53. The molecule has 0 unspecified atom stereocenters. The number of pyridine rings is 1. The Morgan fingerprint density at radius 1 is 1.03 bits per heavy atom. The molecule has 4 aromatic rings. The van der Waals surface area contributed by atoms with E-state index < -0.39 is 26.0 Å². The lowest BCUT2D eigenvalue weighted by atomic mass is 10.0. The summed E-state index contributed by atoms with van der Waals surface area (Å²) in [6.45, 7) is 3.12. The number of piperidine rings is 1. The van der Waals surface area contributed by atoms with Crippen LogP contribution in [-0.2, 0) is 16.4 Å². The molecule has 2 heterocycles. The molecule has 0 aliphatic carbocycles. The molecule has 5 rings (SSSR count). The van der Waals surface area contributed by atoms with Crippen LogP contribution in [0, 0.1) is 5.82 Å². The zero-order valence-corrected chi connectivity index (χ0v) is 21.4. The molecule has 1 fully saturated rings. The molecule has 186 valence electrons. The number of aromatic nitrogens is 1. The van der Waals surface area contributed by atoms with E-state index in [1.165, 1.54) is 30.5 Å². The Morgan fingerprint density at radius 3 is 2.53 bits per heavy atom. The minimum atomic E-state index is -4.20. The first-order chi connectivity index (χ1) is 17.3. The van der Waals surface area contributed by atoms with Crippen LogP contribution in [0.4, 0.5) is 10.1 Å². The average molecular weight is 525 g/mol. The number of fused-ring (bicyclic) bond motifs is 1. The molecule has 1 aromatic heterocycles. The molecule has 0 N–H and O–H groups in total. The molecule has 1 saturated heterocycles. The lowest BCUT2D eigenvalue weighted by Gasteiger charge is -2.35. The first-order valence-corrected chi connectivity index (χ1v) is 13.8. The van der Waals surface area contributed by atoms with Gasteiger partial charge in [0, 0.05) is 30.4 Å². The zero-order valence-electron chi connectivity index (χ0n) is 19.8. The van der Waals surface area contributed by atoms with Gasteiger partial charge in [-0.2, -0.15) is 0 Å². The molecule has 1 atom stereocenters. The number of nitrogens with zero attached hydrogens (tertiary/aromatic N) is 2. The molecule has 0 saturated carbocycles. The van der Waals surface area contributed by atoms with Crippen molar-refractivity contribution < 1.29 is 12.8 Å². The molecule has 1 aliphatic rings. The standard InChI is InChI=1S/C28H26ClFN2O3S/c1-19-8-5-6-13-32(19)26-16-25-23(15-24(26)30)28(33)27(18-31(25)17-20-9-3-2-4-10-20)36(34,35)22-12-7-11-21(29)14-22/h2-4,7,9-12,14-16,18-19H,5-6,8,13,17H2,1H3/t19-/m1/s1. The Labute approximate surface area is 214 Å². The first kappa shape index (κ1) is 24.5. The van der Waals surface area contributed by atoms with Crippen LogP contribution in [-0.4, -0.2) is 25.6 Å². The highest BCUT2D eigenvalue weighted by Crippen LogP contribution is 2.31. The summed E-state index contributed by atoms with van der Waals surface area (Å²) >= 11 is 6.03. The van der Waals surface area contributed by atoms with Crippen LogP contribution in [0.1, 0.15) is 31.7 Å². The Kier molecular flexibility index (Phi) is 6.62. The van der Waals surface area contributed by atoms with Crippen LogP contribution < -0.4 is 10.3 Å². The highest BCUT2D eigenvalue weighted by atomic mass is 35.5. The van der Waals surface area contributed by atoms with Gasteiger partial charge < -0.3 is 9.47 Å². The summed E-state index contributed by atoms with van der Waals surface area (Å²) in [6, 6.07) is 18.4. The Hall–Kier alpha value is -3.16. The van der Waals surface area contributed by atoms with Gasteiger partial charge in [0.25, 0.3) is 0 Å².